The highest BCUT2D eigenvalue weighted by Gasteiger charge is 2.32. The molecule has 0 spiro atoms. The van der Waals surface area contributed by atoms with Gasteiger partial charge in [-0.2, -0.15) is 0 Å². The van der Waals surface area contributed by atoms with E-state index in [0.717, 1.165) is 11.6 Å². The molecule has 9 heteroatoms. The molecular weight excluding hydrogens is 476 g/mol. The van der Waals surface area contributed by atoms with E-state index in [9.17, 15) is 27.1 Å². The third-order valence-corrected chi connectivity index (χ3v) is 7.08. The number of rotatable bonds is 8. The molecule has 1 aromatic heterocycles. The van der Waals surface area contributed by atoms with Crippen molar-refractivity contribution in [1.29, 1.82) is 0 Å². The van der Waals surface area contributed by atoms with Crippen molar-refractivity contribution in [1.82, 2.24) is 4.72 Å². The highest BCUT2D eigenvalue weighted by Crippen LogP contribution is 2.35. The molecule has 35 heavy (non-hydrogen) atoms. The van der Waals surface area contributed by atoms with Crippen LogP contribution in [0.25, 0.3) is 11.0 Å². The maximum absolute atomic E-state index is 14.4. The van der Waals surface area contributed by atoms with Gasteiger partial charge < -0.3 is 9.52 Å². The van der Waals surface area contributed by atoms with Crippen LogP contribution < -0.4 is 10.3 Å². The van der Waals surface area contributed by atoms with E-state index >= 15 is 0 Å². The molecule has 6 nitrogen and oxygen atoms in total. The molecule has 0 aliphatic heterocycles. The minimum absolute atomic E-state index is 0.0242. The SMILES string of the molecule is CCC(F)(F)c1cc(=O)oc2ccc(Cc3ccc(S(=O)(=O)NCc4cccc(O)c4)cc3)cc12. The lowest BCUT2D eigenvalue weighted by Crippen LogP contribution is -2.23. The molecule has 4 aromatic rings. The van der Waals surface area contributed by atoms with Gasteiger partial charge in [0.05, 0.1) is 4.90 Å². The zero-order valence-corrected chi connectivity index (χ0v) is 19.6. The first kappa shape index (κ1) is 24.6. The van der Waals surface area contributed by atoms with Gasteiger partial charge >= 0.3 is 5.63 Å². The van der Waals surface area contributed by atoms with Gasteiger partial charge in [-0.15, -0.1) is 0 Å². The molecule has 0 bridgehead atoms. The van der Waals surface area contributed by atoms with Crippen LogP contribution in [0, 0.1) is 0 Å². The summed E-state index contributed by atoms with van der Waals surface area (Å²) in [5, 5.41) is 9.69. The number of phenolic OH excluding ortho intramolecular Hbond substituents is 1. The van der Waals surface area contributed by atoms with Crippen LogP contribution >= 0.6 is 0 Å². The molecule has 0 aliphatic carbocycles. The first-order valence-electron chi connectivity index (χ1n) is 10.9. The number of sulfonamides is 1. The third kappa shape index (κ3) is 5.58. The van der Waals surface area contributed by atoms with Gasteiger partial charge in [-0.1, -0.05) is 37.3 Å². The van der Waals surface area contributed by atoms with Gasteiger partial charge in [-0.3, -0.25) is 0 Å². The Bertz CT molecular complexity index is 1530. The lowest BCUT2D eigenvalue weighted by molar-refractivity contribution is -0.00714. The second kappa shape index (κ2) is 9.59. The van der Waals surface area contributed by atoms with Crippen LogP contribution in [-0.4, -0.2) is 13.5 Å². The van der Waals surface area contributed by atoms with Crippen LogP contribution in [-0.2, 0) is 28.9 Å². The Morgan fingerprint density at radius 1 is 0.943 bits per heavy atom. The standard InChI is InChI=1S/C26H23F2NO5S/c1-2-26(27,28)23-15-25(31)34-24-11-8-18(14-22(23)24)12-17-6-9-21(10-7-17)35(32,33)29-16-19-4-3-5-20(30)13-19/h3-11,13-15,29-30H,2,12,16H2,1H3. The van der Waals surface area contributed by atoms with Gasteiger partial charge in [0.2, 0.25) is 10.0 Å². The van der Waals surface area contributed by atoms with Gasteiger partial charge in [-0.05, 0) is 59.5 Å². The van der Waals surface area contributed by atoms with E-state index in [1.165, 1.54) is 37.3 Å². The Balaban J connectivity index is 1.54. The quantitative estimate of drug-likeness (QED) is 0.330. The average molecular weight is 500 g/mol. The first-order valence-corrected chi connectivity index (χ1v) is 12.4. The molecule has 3 aromatic carbocycles. The van der Waals surface area contributed by atoms with Crippen molar-refractivity contribution in [2.45, 2.75) is 37.1 Å². The topological polar surface area (TPSA) is 96.6 Å². The van der Waals surface area contributed by atoms with Gasteiger partial charge in [0.25, 0.3) is 5.92 Å². The van der Waals surface area contributed by atoms with Gasteiger partial charge in [0, 0.05) is 30.0 Å². The van der Waals surface area contributed by atoms with Crippen LogP contribution in [0.4, 0.5) is 8.78 Å². The van der Waals surface area contributed by atoms with Gasteiger partial charge in [0.1, 0.15) is 11.3 Å². The molecule has 0 aliphatic rings. The van der Waals surface area contributed by atoms with Gasteiger partial charge in [0.15, 0.2) is 0 Å². The minimum Gasteiger partial charge on any atom is -0.508 e. The molecule has 0 radical (unpaired) electrons. The van der Waals surface area contributed by atoms with Crippen molar-refractivity contribution in [3.63, 3.8) is 0 Å². The second-order valence-electron chi connectivity index (χ2n) is 8.18. The minimum atomic E-state index is -3.78. The summed E-state index contributed by atoms with van der Waals surface area (Å²) in [4.78, 5) is 11.8. The number of phenols is 1. The second-order valence-corrected chi connectivity index (χ2v) is 9.95. The molecule has 0 amide bonds. The van der Waals surface area contributed by atoms with Crippen LogP contribution in [0.15, 0.2) is 86.9 Å². The molecule has 1 heterocycles. The smallest absolute Gasteiger partial charge is 0.336 e. The van der Waals surface area contributed by atoms with Crippen LogP contribution in [0.2, 0.25) is 0 Å². The molecule has 0 unspecified atom stereocenters. The van der Waals surface area contributed by atoms with Crippen molar-refractivity contribution in [2.75, 3.05) is 0 Å². The van der Waals surface area contributed by atoms with E-state index < -0.39 is 28.0 Å². The fourth-order valence-corrected chi connectivity index (χ4v) is 4.78. The number of hydrogen-bond donors (Lipinski definition) is 2. The summed E-state index contributed by atoms with van der Waals surface area (Å²) in [6.07, 6.45) is -0.0889. The summed E-state index contributed by atoms with van der Waals surface area (Å²) in [5.74, 6) is -3.12. The normalized spacial score (nSPS) is 12.2. The number of benzene rings is 3. The summed E-state index contributed by atoms with van der Waals surface area (Å²) in [6.45, 7) is 1.37. The van der Waals surface area contributed by atoms with Crippen LogP contribution in [0.5, 0.6) is 5.75 Å². The number of alkyl halides is 2. The Kier molecular flexibility index (Phi) is 6.73. The summed E-state index contributed by atoms with van der Waals surface area (Å²) in [7, 11) is -3.78. The summed E-state index contributed by atoms with van der Waals surface area (Å²) in [6, 6.07) is 18.1. The molecule has 4 rings (SSSR count). The Morgan fingerprint density at radius 3 is 2.34 bits per heavy atom. The number of halogens is 2. The molecule has 0 saturated carbocycles. The average Bonchev–Trinajstić information content (AvgIpc) is 2.83. The zero-order valence-electron chi connectivity index (χ0n) is 18.8. The Labute approximate surface area is 200 Å². The van der Waals surface area contributed by atoms with Crippen molar-refractivity contribution < 1.29 is 26.7 Å². The summed E-state index contributed by atoms with van der Waals surface area (Å²) >= 11 is 0. The van der Waals surface area contributed by atoms with E-state index in [0.29, 0.717) is 17.5 Å². The largest absolute Gasteiger partial charge is 0.508 e. The highest BCUT2D eigenvalue weighted by atomic mass is 32.2. The van der Waals surface area contributed by atoms with Crippen LogP contribution in [0.1, 0.15) is 35.6 Å². The fraction of sp³-hybridized carbons (Fsp3) is 0.192. The van der Waals surface area contributed by atoms with Crippen molar-refractivity contribution in [2.24, 2.45) is 0 Å². The van der Waals surface area contributed by atoms with Crippen molar-refractivity contribution in [3.05, 3.63) is 105 Å². The predicted molar refractivity (Wildman–Crippen MR) is 128 cm³/mol. The predicted octanol–water partition coefficient (Wildman–Crippen LogP) is 5.07. The Morgan fingerprint density at radius 2 is 1.66 bits per heavy atom. The van der Waals surface area contributed by atoms with E-state index in [1.54, 1.807) is 36.4 Å². The van der Waals surface area contributed by atoms with E-state index in [2.05, 4.69) is 4.72 Å². The number of fused-ring (bicyclic) bond motifs is 1. The van der Waals surface area contributed by atoms with E-state index in [4.69, 9.17) is 4.42 Å². The van der Waals surface area contributed by atoms with E-state index in [1.807, 2.05) is 0 Å². The molecule has 182 valence electrons. The summed E-state index contributed by atoms with van der Waals surface area (Å²) < 4.78 is 61.7. The lowest BCUT2D eigenvalue weighted by atomic mass is 9.98. The Hall–Kier alpha value is -3.56. The molecular formula is C26H23F2NO5S. The zero-order chi connectivity index (χ0) is 25.2. The number of aromatic hydroxyl groups is 1. The molecule has 0 atom stereocenters. The maximum Gasteiger partial charge on any atom is 0.336 e. The van der Waals surface area contributed by atoms with Crippen LogP contribution in [0.3, 0.4) is 0 Å². The lowest BCUT2D eigenvalue weighted by Gasteiger charge is -2.16. The van der Waals surface area contributed by atoms with Crippen molar-refractivity contribution in [3.8, 4) is 5.75 Å². The molecule has 2 N–H and O–H groups in total. The van der Waals surface area contributed by atoms with E-state index in [-0.39, 0.29) is 33.7 Å². The van der Waals surface area contributed by atoms with Crippen molar-refractivity contribution >= 4 is 21.0 Å². The monoisotopic (exact) mass is 499 g/mol. The third-order valence-electron chi connectivity index (χ3n) is 5.66. The van der Waals surface area contributed by atoms with Gasteiger partial charge in [-0.25, -0.2) is 26.7 Å². The fourth-order valence-electron chi connectivity index (χ4n) is 3.76. The highest BCUT2D eigenvalue weighted by molar-refractivity contribution is 7.89. The first-order chi connectivity index (χ1) is 16.6. The molecule has 0 fully saturated rings. The number of hydrogen-bond acceptors (Lipinski definition) is 5. The summed E-state index contributed by atoms with van der Waals surface area (Å²) in [5.41, 5.74) is 0.985. The molecule has 0 saturated heterocycles. The number of nitrogens with one attached hydrogen (secondary N) is 1. The maximum atomic E-state index is 14.4.